The van der Waals surface area contributed by atoms with Crippen LogP contribution in [0, 0.1) is 34.6 Å². The number of Topliss-reactive ketones (excluding diaryl/α,β-unsaturated/α-hetero) is 1. The fraction of sp³-hybridized carbons (Fsp3) is 0.280. The number of benzene rings is 1. The van der Waals surface area contributed by atoms with E-state index >= 15 is 0 Å². The van der Waals surface area contributed by atoms with Crippen molar-refractivity contribution in [1.82, 2.24) is 19.5 Å². The van der Waals surface area contributed by atoms with Crippen LogP contribution >= 0.6 is 11.6 Å². The van der Waals surface area contributed by atoms with Crippen molar-refractivity contribution in [1.29, 1.82) is 0 Å². The van der Waals surface area contributed by atoms with Crippen molar-refractivity contribution in [3.63, 3.8) is 0 Å². The Morgan fingerprint density at radius 3 is 2.41 bits per heavy atom. The van der Waals surface area contributed by atoms with Gasteiger partial charge in [0, 0.05) is 23.0 Å². The molecule has 8 nitrogen and oxygen atoms in total. The van der Waals surface area contributed by atoms with E-state index in [4.69, 9.17) is 20.9 Å². The highest BCUT2D eigenvalue weighted by Gasteiger charge is 2.24. The number of carbonyl (C=O) groups excluding carboxylic acids is 2. The molecule has 0 unspecified atom stereocenters. The maximum atomic E-state index is 12.9. The number of hydrogen-bond acceptors (Lipinski definition) is 6. The Balaban J connectivity index is 1.47. The molecule has 0 saturated carbocycles. The summed E-state index contributed by atoms with van der Waals surface area (Å²) in [6.45, 7) is 9.17. The van der Waals surface area contributed by atoms with Crippen LogP contribution in [0.1, 0.15) is 54.7 Å². The Hall–Kier alpha value is -3.65. The lowest BCUT2D eigenvalue weighted by atomic mass is 10.1. The first-order chi connectivity index (χ1) is 16.2. The van der Waals surface area contributed by atoms with Gasteiger partial charge in [0.2, 0.25) is 5.78 Å². The maximum absolute atomic E-state index is 12.9. The summed E-state index contributed by atoms with van der Waals surface area (Å²) in [5.74, 6) is 0.243. The number of hydrogen-bond donors (Lipinski definition) is 0. The van der Waals surface area contributed by atoms with Gasteiger partial charge in [-0.15, -0.1) is 0 Å². The molecule has 0 atom stereocenters. The number of nitrogens with zero attached hydrogens (tertiary/aromatic N) is 4. The van der Waals surface area contributed by atoms with Gasteiger partial charge in [-0.1, -0.05) is 46.6 Å². The molecule has 0 spiro atoms. The molecule has 3 heterocycles. The lowest BCUT2D eigenvalue weighted by Crippen LogP contribution is -2.15. The van der Waals surface area contributed by atoms with E-state index in [9.17, 15) is 9.59 Å². The predicted molar refractivity (Wildman–Crippen MR) is 127 cm³/mol. The summed E-state index contributed by atoms with van der Waals surface area (Å²) in [5.41, 5.74) is 4.70. The lowest BCUT2D eigenvalue weighted by molar-refractivity contribution is 0.0474. The van der Waals surface area contributed by atoms with Crippen LogP contribution in [0.4, 0.5) is 0 Å². The summed E-state index contributed by atoms with van der Waals surface area (Å²) < 4.78 is 13.8. The second kappa shape index (κ2) is 9.30. The first kappa shape index (κ1) is 23.5. The summed E-state index contributed by atoms with van der Waals surface area (Å²) >= 11 is 6.45. The molecule has 0 amide bonds. The molecule has 0 N–H and O–H groups in total. The third-order valence-corrected chi connectivity index (χ3v) is 6.02. The Morgan fingerprint density at radius 1 is 1.06 bits per heavy atom. The zero-order valence-electron chi connectivity index (χ0n) is 19.7. The van der Waals surface area contributed by atoms with Gasteiger partial charge in [-0.25, -0.2) is 9.48 Å². The molecule has 0 radical (unpaired) electrons. The molecule has 0 bridgehead atoms. The van der Waals surface area contributed by atoms with E-state index in [1.807, 2.05) is 49.6 Å². The van der Waals surface area contributed by atoms with Gasteiger partial charge >= 0.3 is 5.97 Å². The molecule has 0 aliphatic heterocycles. The smallest absolute Gasteiger partial charge is 0.343 e. The first-order valence-electron chi connectivity index (χ1n) is 10.8. The second-order valence-electron chi connectivity index (χ2n) is 8.31. The van der Waals surface area contributed by atoms with Gasteiger partial charge in [-0.05, 0) is 46.2 Å². The van der Waals surface area contributed by atoms with Crippen LogP contribution in [0.5, 0.6) is 0 Å². The second-order valence-corrected chi connectivity index (χ2v) is 8.67. The predicted octanol–water partition coefficient (Wildman–Crippen LogP) is 4.95. The fourth-order valence-corrected chi connectivity index (χ4v) is 4.21. The highest BCUT2D eigenvalue weighted by atomic mass is 35.5. The van der Waals surface area contributed by atoms with Gasteiger partial charge in [0.15, 0.2) is 12.4 Å². The molecule has 0 aliphatic carbocycles. The van der Waals surface area contributed by atoms with E-state index in [1.54, 1.807) is 30.7 Å². The molecular formula is C25H25ClN4O4. The molecule has 176 valence electrons. The zero-order chi connectivity index (χ0) is 24.6. The number of ketones is 1. The number of carbonyl (C=O) groups is 2. The van der Waals surface area contributed by atoms with Crippen LogP contribution in [0.3, 0.4) is 0 Å². The summed E-state index contributed by atoms with van der Waals surface area (Å²) in [7, 11) is 0. The van der Waals surface area contributed by atoms with E-state index in [1.165, 1.54) is 0 Å². The molecule has 0 fully saturated rings. The summed E-state index contributed by atoms with van der Waals surface area (Å²) in [4.78, 5) is 25.6. The topological polar surface area (TPSA) is 92.2 Å². The Morgan fingerprint density at radius 2 is 1.76 bits per heavy atom. The van der Waals surface area contributed by atoms with Crippen molar-refractivity contribution in [2.45, 2.75) is 41.2 Å². The van der Waals surface area contributed by atoms with Crippen LogP contribution in [0.25, 0.3) is 5.82 Å². The van der Waals surface area contributed by atoms with E-state index in [0.29, 0.717) is 35.1 Å². The summed E-state index contributed by atoms with van der Waals surface area (Å²) in [6.07, 6.45) is 0. The molecule has 1 aromatic carbocycles. The van der Waals surface area contributed by atoms with Gasteiger partial charge in [-0.2, -0.15) is 5.10 Å². The van der Waals surface area contributed by atoms with Crippen molar-refractivity contribution in [2.75, 3.05) is 6.61 Å². The molecule has 3 aromatic heterocycles. The van der Waals surface area contributed by atoms with Crippen molar-refractivity contribution < 1.29 is 18.8 Å². The number of rotatable bonds is 7. The molecule has 4 aromatic rings. The molecule has 0 aliphatic rings. The van der Waals surface area contributed by atoms with Crippen molar-refractivity contribution in [3.05, 3.63) is 86.6 Å². The van der Waals surface area contributed by atoms with E-state index in [0.717, 1.165) is 16.8 Å². The number of ether oxygens (including phenoxy) is 1. The molecule has 9 heteroatoms. The average Bonchev–Trinajstić information content (AvgIpc) is 3.43. The van der Waals surface area contributed by atoms with Gasteiger partial charge in [0.1, 0.15) is 16.5 Å². The Labute approximate surface area is 202 Å². The molecule has 4 rings (SSSR count). The number of esters is 1. The third kappa shape index (κ3) is 4.54. The van der Waals surface area contributed by atoms with E-state index in [-0.39, 0.29) is 16.5 Å². The van der Waals surface area contributed by atoms with Crippen LogP contribution in [0.2, 0.25) is 5.15 Å². The lowest BCUT2D eigenvalue weighted by Gasteiger charge is -2.07. The standard InChI is InChI=1S/C25H25ClN4O4/c1-14-6-8-19(9-7-14)12-29-24(26)23(17(4)27-29)25(32)33-13-21(31)20-10-15(2)30(18(20)5)22-11-16(3)34-28-22/h6-11H,12-13H2,1-5H3. The Kier molecular flexibility index (Phi) is 6.43. The van der Waals surface area contributed by atoms with Gasteiger partial charge < -0.3 is 9.26 Å². The number of aryl methyl sites for hydroxylation is 4. The van der Waals surface area contributed by atoms with Crippen LogP contribution in [-0.2, 0) is 11.3 Å². The molecular weight excluding hydrogens is 456 g/mol. The van der Waals surface area contributed by atoms with Crippen LogP contribution in [-0.4, -0.2) is 37.9 Å². The highest BCUT2D eigenvalue weighted by molar-refractivity contribution is 6.32. The average molecular weight is 481 g/mol. The zero-order valence-corrected chi connectivity index (χ0v) is 20.4. The summed E-state index contributed by atoms with van der Waals surface area (Å²) in [5, 5.41) is 8.57. The maximum Gasteiger partial charge on any atom is 0.343 e. The minimum absolute atomic E-state index is 0.158. The quantitative estimate of drug-likeness (QED) is 0.274. The van der Waals surface area contributed by atoms with Crippen molar-refractivity contribution in [3.8, 4) is 5.82 Å². The summed E-state index contributed by atoms with van der Waals surface area (Å²) in [6, 6.07) is 11.5. The van der Waals surface area contributed by atoms with Gasteiger partial charge in [-0.3, -0.25) is 9.36 Å². The largest absolute Gasteiger partial charge is 0.454 e. The molecule has 0 saturated heterocycles. The van der Waals surface area contributed by atoms with Gasteiger partial charge in [0.25, 0.3) is 0 Å². The van der Waals surface area contributed by atoms with Crippen LogP contribution < -0.4 is 0 Å². The van der Waals surface area contributed by atoms with E-state index in [2.05, 4.69) is 10.3 Å². The SMILES string of the molecule is Cc1ccc(Cn2nc(C)c(C(=O)OCC(=O)c3cc(C)n(-c4cc(C)on4)c3C)c2Cl)cc1. The minimum atomic E-state index is -0.688. The van der Waals surface area contributed by atoms with Crippen LogP contribution in [0.15, 0.2) is 40.9 Å². The van der Waals surface area contributed by atoms with Crippen molar-refractivity contribution >= 4 is 23.4 Å². The Bertz CT molecular complexity index is 1380. The van der Waals surface area contributed by atoms with Crippen molar-refractivity contribution in [2.24, 2.45) is 0 Å². The fourth-order valence-electron chi connectivity index (χ4n) is 3.89. The number of halogens is 1. The van der Waals surface area contributed by atoms with Gasteiger partial charge in [0.05, 0.1) is 12.2 Å². The molecule has 34 heavy (non-hydrogen) atoms. The third-order valence-electron chi connectivity index (χ3n) is 5.63. The number of aromatic nitrogens is 4. The normalized spacial score (nSPS) is 11.1. The van der Waals surface area contributed by atoms with E-state index < -0.39 is 12.6 Å². The highest BCUT2D eigenvalue weighted by Crippen LogP contribution is 2.24. The first-order valence-corrected chi connectivity index (χ1v) is 11.1. The monoisotopic (exact) mass is 480 g/mol. The minimum Gasteiger partial charge on any atom is -0.454 e.